The third kappa shape index (κ3) is 4.96. The number of phenolic OH excluding ortho intramolecular Hbond substituents is 1. The van der Waals surface area contributed by atoms with Gasteiger partial charge in [0.05, 0.1) is 6.04 Å². The van der Waals surface area contributed by atoms with E-state index in [1.54, 1.807) is 0 Å². The van der Waals surface area contributed by atoms with Crippen LogP contribution in [-0.2, 0) is 23.8 Å². The Labute approximate surface area is 205 Å². The van der Waals surface area contributed by atoms with Crippen LogP contribution >= 0.6 is 0 Å². The second-order valence-electron chi connectivity index (χ2n) is 9.04. The fourth-order valence-electron chi connectivity index (χ4n) is 4.46. The summed E-state index contributed by atoms with van der Waals surface area (Å²) in [6.45, 7) is 2.52. The van der Waals surface area contributed by atoms with Crippen molar-refractivity contribution in [3.8, 4) is 11.5 Å². The molecule has 0 radical (unpaired) electrons. The molecule has 198 valence electrons. The molecular weight excluding hydrogens is 482 g/mol. The molecule has 4 rings (SSSR count). The fraction of sp³-hybridized carbons (Fsp3) is 0.565. The highest BCUT2D eigenvalue weighted by Crippen LogP contribution is 2.33. The Morgan fingerprint density at radius 2 is 1.64 bits per heavy atom. The van der Waals surface area contributed by atoms with Gasteiger partial charge in [-0.1, -0.05) is 6.07 Å². The summed E-state index contributed by atoms with van der Waals surface area (Å²) in [5.41, 5.74) is 0.545. The third-order valence-corrected chi connectivity index (χ3v) is 6.49. The first-order chi connectivity index (χ1) is 17.0. The molecule has 2 aliphatic heterocycles. The Bertz CT molecular complexity index is 1030. The summed E-state index contributed by atoms with van der Waals surface area (Å²) in [6, 6.07) is 2.90. The van der Waals surface area contributed by atoms with Crippen LogP contribution in [-0.4, -0.2) is 110 Å². The molecule has 1 aromatic rings. The maximum absolute atomic E-state index is 12.7. The maximum Gasteiger partial charge on any atom is 0.247 e. The molecule has 7 N–H and O–H groups in total. The molecule has 0 spiro atoms. The van der Waals surface area contributed by atoms with Gasteiger partial charge < -0.3 is 54.9 Å². The molecular formula is C23H29NO12. The van der Waals surface area contributed by atoms with Gasteiger partial charge >= 0.3 is 0 Å². The molecule has 10 atom stereocenters. The first-order valence-corrected chi connectivity index (χ1v) is 11.3. The molecule has 3 aliphatic rings. The van der Waals surface area contributed by atoms with Crippen LogP contribution in [0.15, 0.2) is 23.8 Å². The number of aliphatic hydroxyl groups is 5. The molecule has 1 aromatic carbocycles. The molecule has 1 aliphatic carbocycles. The highest BCUT2D eigenvalue weighted by molar-refractivity contribution is 5.97. The highest BCUT2D eigenvalue weighted by Gasteiger charge is 2.53. The predicted molar refractivity (Wildman–Crippen MR) is 118 cm³/mol. The number of hydrogen-bond donors (Lipinski definition) is 7. The number of hydrogen-bond acceptors (Lipinski definition) is 12. The quantitative estimate of drug-likeness (QED) is 0.199. The first-order valence-electron chi connectivity index (χ1n) is 11.3. The van der Waals surface area contributed by atoms with Crippen molar-refractivity contribution in [2.45, 2.75) is 75.0 Å². The second-order valence-corrected chi connectivity index (χ2v) is 9.04. The minimum atomic E-state index is -1.51. The number of nitrogens with one attached hydrogen (secondary N) is 1. The van der Waals surface area contributed by atoms with Crippen molar-refractivity contribution in [1.29, 1.82) is 0 Å². The van der Waals surface area contributed by atoms with Gasteiger partial charge in [0.1, 0.15) is 55.6 Å². The van der Waals surface area contributed by atoms with E-state index in [9.17, 15) is 40.2 Å². The van der Waals surface area contributed by atoms with Gasteiger partial charge in [-0.2, -0.15) is 0 Å². The number of rotatable bonds is 6. The van der Waals surface area contributed by atoms with Gasteiger partial charge in [0.2, 0.25) is 12.2 Å². The predicted octanol–water partition coefficient (Wildman–Crippen LogP) is -2.47. The number of phenols is 1. The Hall–Kier alpha value is -2.62. The number of aromatic hydroxyl groups is 1. The lowest BCUT2D eigenvalue weighted by molar-refractivity contribution is -0.155. The zero-order valence-electron chi connectivity index (χ0n) is 19.4. The van der Waals surface area contributed by atoms with E-state index in [-0.39, 0.29) is 23.9 Å². The van der Waals surface area contributed by atoms with Gasteiger partial charge in [-0.15, -0.1) is 0 Å². The monoisotopic (exact) mass is 511 g/mol. The van der Waals surface area contributed by atoms with Crippen molar-refractivity contribution in [2.24, 2.45) is 0 Å². The third-order valence-electron chi connectivity index (χ3n) is 6.49. The number of amides is 1. The van der Waals surface area contributed by atoms with Crippen LogP contribution in [0.5, 0.6) is 11.5 Å². The Kier molecular flexibility index (Phi) is 7.64. The number of fused-ring (bicyclic) bond motifs is 1. The topological polar surface area (TPSA) is 204 Å². The van der Waals surface area contributed by atoms with E-state index in [0.717, 1.165) is 0 Å². The summed E-state index contributed by atoms with van der Waals surface area (Å²) < 4.78 is 21.1. The smallest absolute Gasteiger partial charge is 0.247 e. The average Bonchev–Trinajstić information content (AvgIpc) is 3.43. The average molecular weight is 511 g/mol. The highest BCUT2D eigenvalue weighted by atomic mass is 16.7. The summed E-state index contributed by atoms with van der Waals surface area (Å²) in [6.07, 6.45) is -10.2. The second kappa shape index (κ2) is 10.4. The summed E-state index contributed by atoms with van der Waals surface area (Å²) in [4.78, 5) is 24.2. The van der Waals surface area contributed by atoms with E-state index in [2.05, 4.69) is 5.32 Å². The van der Waals surface area contributed by atoms with Crippen molar-refractivity contribution in [3.63, 3.8) is 0 Å². The van der Waals surface area contributed by atoms with Crippen molar-refractivity contribution in [2.75, 3.05) is 6.79 Å². The lowest BCUT2D eigenvalue weighted by atomic mass is 9.83. The van der Waals surface area contributed by atoms with Gasteiger partial charge in [-0.25, -0.2) is 0 Å². The van der Waals surface area contributed by atoms with Crippen LogP contribution < -0.4 is 10.1 Å². The molecule has 0 bridgehead atoms. The Morgan fingerprint density at radius 3 is 2.25 bits per heavy atom. The van der Waals surface area contributed by atoms with E-state index in [1.165, 1.54) is 38.1 Å². The van der Waals surface area contributed by atoms with Crippen molar-refractivity contribution >= 4 is 17.8 Å². The van der Waals surface area contributed by atoms with Gasteiger partial charge in [-0.05, 0) is 37.6 Å². The van der Waals surface area contributed by atoms with Gasteiger partial charge in [-0.3, -0.25) is 9.59 Å². The van der Waals surface area contributed by atoms with E-state index in [4.69, 9.17) is 18.9 Å². The van der Waals surface area contributed by atoms with Crippen molar-refractivity contribution < 1.29 is 59.2 Å². The van der Waals surface area contributed by atoms with Crippen molar-refractivity contribution in [3.05, 3.63) is 29.3 Å². The fourth-order valence-corrected chi connectivity index (χ4v) is 4.46. The minimum absolute atomic E-state index is 0.0921. The SMILES string of the molecule is CC(=O)[C@H]1O[C@@H](Oc2ccc(/C=C(\C)C(=O)NC3[C@@H](O)[C@@H]4OCO[C@@H]4[C@H](O)[C@H]3O)cc2O)[C@@H](O)[C@@H]1O. The first kappa shape index (κ1) is 26.4. The molecule has 36 heavy (non-hydrogen) atoms. The van der Waals surface area contributed by atoms with E-state index < -0.39 is 72.9 Å². The van der Waals surface area contributed by atoms with Crippen LogP contribution in [0.25, 0.3) is 6.08 Å². The van der Waals surface area contributed by atoms with Crippen LogP contribution in [0.2, 0.25) is 0 Å². The number of aliphatic hydroxyl groups excluding tert-OH is 5. The lowest BCUT2D eigenvalue weighted by Gasteiger charge is -2.41. The molecule has 0 aromatic heterocycles. The summed E-state index contributed by atoms with van der Waals surface area (Å²) in [5.74, 6) is -1.59. The summed E-state index contributed by atoms with van der Waals surface area (Å²) in [7, 11) is 0. The molecule has 13 heteroatoms. The van der Waals surface area contributed by atoms with E-state index in [0.29, 0.717) is 5.56 Å². The van der Waals surface area contributed by atoms with Crippen molar-refractivity contribution in [1.82, 2.24) is 5.32 Å². The zero-order valence-corrected chi connectivity index (χ0v) is 19.4. The van der Waals surface area contributed by atoms with Gasteiger partial charge in [0.15, 0.2) is 17.3 Å². The molecule has 1 amide bonds. The largest absolute Gasteiger partial charge is 0.504 e. The summed E-state index contributed by atoms with van der Waals surface area (Å²) >= 11 is 0. The van der Waals surface area contributed by atoms with E-state index in [1.807, 2.05) is 0 Å². The number of carbonyl (C=O) groups is 2. The molecule has 13 nitrogen and oxygen atoms in total. The number of Topliss-reactive ketones (excluding diaryl/α,β-unsaturated/α-hetero) is 1. The molecule has 2 heterocycles. The van der Waals surface area contributed by atoms with Gasteiger partial charge in [0, 0.05) is 5.57 Å². The summed E-state index contributed by atoms with van der Waals surface area (Å²) in [5, 5.41) is 63.9. The zero-order chi connectivity index (χ0) is 26.3. The number of carbonyl (C=O) groups excluding carboxylic acids is 2. The van der Waals surface area contributed by atoms with Gasteiger partial charge in [0.25, 0.3) is 0 Å². The molecule has 2 saturated heterocycles. The lowest BCUT2D eigenvalue weighted by Crippen LogP contribution is -2.67. The Balaban J connectivity index is 1.41. The van der Waals surface area contributed by atoms with E-state index >= 15 is 0 Å². The normalized spacial score (nSPS) is 38.5. The van der Waals surface area contributed by atoms with Crippen LogP contribution in [0.4, 0.5) is 0 Å². The number of ketones is 1. The molecule has 1 saturated carbocycles. The Morgan fingerprint density at radius 1 is 0.972 bits per heavy atom. The van der Waals surface area contributed by atoms with Crippen LogP contribution in [0.1, 0.15) is 19.4 Å². The standard InChI is InChI=1S/C23H29NO12/c1-8(22(32)24-13-14(27)16(29)21-20(15(13)28)33-7-34-21)5-10-3-4-12(11(26)6-10)35-23-18(31)17(30)19(36-23)9(2)25/h3-6,13-21,23,26-31H,7H2,1-2H3,(H,24,32)/b8-5+/t13?,14-,15+,16+,17-,18-,19+,20-,21+,23+/m0/s1. The molecule has 1 unspecified atom stereocenters. The van der Waals surface area contributed by atoms with Crippen LogP contribution in [0, 0.1) is 0 Å². The molecule has 3 fully saturated rings. The maximum atomic E-state index is 12.7. The number of ether oxygens (including phenoxy) is 4. The van der Waals surface area contributed by atoms with Crippen LogP contribution in [0.3, 0.4) is 0 Å². The number of benzene rings is 1. The minimum Gasteiger partial charge on any atom is -0.504 e.